The molecule has 6 nitrogen and oxygen atoms in total. The molecular weight excluding hydrogens is 294 g/mol. The molecule has 120 valence electrons. The molecule has 23 heavy (non-hydrogen) atoms. The number of aryl methyl sites for hydroxylation is 1. The van der Waals surface area contributed by atoms with E-state index in [1.54, 1.807) is 38.2 Å². The second kappa shape index (κ2) is 7.31. The van der Waals surface area contributed by atoms with Crippen LogP contribution in [0.1, 0.15) is 23.0 Å². The van der Waals surface area contributed by atoms with Crippen molar-refractivity contribution < 1.29 is 14.3 Å². The molecule has 0 bridgehead atoms. The van der Waals surface area contributed by atoms with Gasteiger partial charge in [-0.3, -0.25) is 4.79 Å². The van der Waals surface area contributed by atoms with Crippen molar-refractivity contribution in [1.29, 1.82) is 0 Å². The molecule has 1 heterocycles. The zero-order chi connectivity index (χ0) is 16.8. The van der Waals surface area contributed by atoms with E-state index in [1.807, 2.05) is 18.2 Å². The van der Waals surface area contributed by atoms with Crippen LogP contribution >= 0.6 is 0 Å². The number of H-pyrrole nitrogens is 1. The first-order valence-electron chi connectivity index (χ1n) is 7.11. The first-order valence-corrected chi connectivity index (χ1v) is 7.11. The Bertz CT molecular complexity index is 733. The molecule has 2 aromatic rings. The number of benzene rings is 1. The lowest BCUT2D eigenvalue weighted by atomic mass is 10.2. The summed E-state index contributed by atoms with van der Waals surface area (Å²) in [5, 5.41) is 2.68. The second-order valence-electron chi connectivity index (χ2n) is 5.13. The highest BCUT2D eigenvalue weighted by Gasteiger charge is 2.14. The van der Waals surface area contributed by atoms with E-state index in [9.17, 15) is 9.59 Å². The zero-order valence-electron chi connectivity index (χ0n) is 13.1. The van der Waals surface area contributed by atoms with Crippen molar-refractivity contribution in [2.24, 2.45) is 5.73 Å². The topological polar surface area (TPSA) is 97.2 Å². The van der Waals surface area contributed by atoms with Crippen LogP contribution in [0.4, 0.5) is 5.69 Å². The monoisotopic (exact) mass is 313 g/mol. The molecular formula is C17H19N3O3. The van der Waals surface area contributed by atoms with Gasteiger partial charge in [0, 0.05) is 11.9 Å². The van der Waals surface area contributed by atoms with E-state index < -0.39 is 11.9 Å². The number of esters is 1. The van der Waals surface area contributed by atoms with Gasteiger partial charge in [-0.1, -0.05) is 18.2 Å². The number of anilines is 1. The van der Waals surface area contributed by atoms with E-state index in [4.69, 9.17) is 10.5 Å². The third-order valence-corrected chi connectivity index (χ3v) is 3.32. The highest BCUT2D eigenvalue weighted by Crippen LogP contribution is 2.10. The number of carbonyl (C=O) groups is 2. The van der Waals surface area contributed by atoms with Gasteiger partial charge in [-0.15, -0.1) is 0 Å². The Balaban J connectivity index is 1.96. The molecule has 0 aliphatic carbocycles. The van der Waals surface area contributed by atoms with Gasteiger partial charge in [0.25, 0.3) is 5.91 Å². The van der Waals surface area contributed by atoms with Crippen molar-refractivity contribution in [3.05, 3.63) is 65.1 Å². The highest BCUT2D eigenvalue weighted by atomic mass is 16.5. The van der Waals surface area contributed by atoms with Gasteiger partial charge in [-0.2, -0.15) is 0 Å². The smallest absolute Gasteiger partial charge is 0.355 e. The van der Waals surface area contributed by atoms with Crippen molar-refractivity contribution in [3.63, 3.8) is 0 Å². The fourth-order valence-electron chi connectivity index (χ4n) is 1.90. The second-order valence-corrected chi connectivity index (χ2v) is 5.13. The number of carbonyl (C=O) groups excluding carboxylic acids is 2. The standard InChI is InChI=1S/C17H19N3O3/c1-11-8-9-19-15(11)17(22)23-10-12(2)14(18)16(21)20-13-6-4-3-5-7-13/h3-9,19H,10,18H2,1-2H3,(H,20,21)/b14-12-. The summed E-state index contributed by atoms with van der Waals surface area (Å²) in [6.45, 7) is 3.40. The summed E-state index contributed by atoms with van der Waals surface area (Å²) in [7, 11) is 0. The molecule has 0 atom stereocenters. The normalized spacial score (nSPS) is 11.6. The first-order chi connectivity index (χ1) is 11.0. The Hall–Kier alpha value is -3.02. The number of nitrogens with one attached hydrogen (secondary N) is 2. The Kier molecular flexibility index (Phi) is 5.19. The molecule has 1 aromatic heterocycles. The summed E-state index contributed by atoms with van der Waals surface area (Å²) in [6.07, 6.45) is 1.66. The van der Waals surface area contributed by atoms with Crippen molar-refractivity contribution in [1.82, 2.24) is 4.98 Å². The van der Waals surface area contributed by atoms with Crippen LogP contribution in [-0.4, -0.2) is 23.5 Å². The minimum absolute atomic E-state index is 0.0323. The highest BCUT2D eigenvalue weighted by molar-refractivity contribution is 6.03. The van der Waals surface area contributed by atoms with Gasteiger partial charge < -0.3 is 20.8 Å². The third kappa shape index (κ3) is 4.23. The zero-order valence-corrected chi connectivity index (χ0v) is 13.1. The lowest BCUT2D eigenvalue weighted by molar-refractivity contribution is -0.113. The molecule has 0 saturated heterocycles. The predicted molar refractivity (Wildman–Crippen MR) is 87.8 cm³/mol. The van der Waals surface area contributed by atoms with Crippen LogP contribution in [0.3, 0.4) is 0 Å². The third-order valence-electron chi connectivity index (χ3n) is 3.32. The quantitative estimate of drug-likeness (QED) is 0.583. The molecule has 0 radical (unpaired) electrons. The number of aromatic nitrogens is 1. The molecule has 4 N–H and O–H groups in total. The summed E-state index contributed by atoms with van der Waals surface area (Å²) in [5.41, 5.74) is 8.16. The predicted octanol–water partition coefficient (Wildman–Crippen LogP) is 2.35. The van der Waals surface area contributed by atoms with Crippen molar-refractivity contribution in [2.45, 2.75) is 13.8 Å². The van der Waals surface area contributed by atoms with Gasteiger partial charge in [0.2, 0.25) is 0 Å². The SMILES string of the molecule is C/C(COC(=O)c1[nH]ccc1C)=C(/N)C(=O)Nc1ccccc1. The largest absolute Gasteiger partial charge is 0.456 e. The van der Waals surface area contributed by atoms with Crippen molar-refractivity contribution in [3.8, 4) is 0 Å². The van der Waals surface area contributed by atoms with Crippen LogP contribution in [0.15, 0.2) is 53.9 Å². The number of ether oxygens (including phenoxy) is 1. The van der Waals surface area contributed by atoms with E-state index in [0.717, 1.165) is 5.56 Å². The Labute approximate surface area is 134 Å². The molecule has 2 rings (SSSR count). The number of rotatable bonds is 5. The van der Waals surface area contributed by atoms with Crippen molar-refractivity contribution >= 4 is 17.6 Å². The molecule has 0 spiro atoms. The average Bonchev–Trinajstić information content (AvgIpc) is 2.98. The summed E-state index contributed by atoms with van der Waals surface area (Å²) in [5.74, 6) is -0.913. The molecule has 0 aliphatic rings. The maximum absolute atomic E-state index is 12.0. The molecule has 1 aromatic carbocycles. The lowest BCUT2D eigenvalue weighted by Crippen LogP contribution is -2.23. The lowest BCUT2D eigenvalue weighted by Gasteiger charge is -2.09. The molecule has 0 unspecified atom stereocenters. The Morgan fingerprint density at radius 3 is 2.52 bits per heavy atom. The number of para-hydroxylation sites is 1. The Morgan fingerprint density at radius 1 is 1.22 bits per heavy atom. The van der Waals surface area contributed by atoms with Crippen molar-refractivity contribution in [2.75, 3.05) is 11.9 Å². The average molecular weight is 313 g/mol. The summed E-state index contributed by atoms with van der Waals surface area (Å²) in [6, 6.07) is 10.8. The van der Waals surface area contributed by atoms with E-state index in [-0.39, 0.29) is 12.3 Å². The van der Waals surface area contributed by atoms with Crippen LogP contribution in [0.2, 0.25) is 0 Å². The van der Waals surface area contributed by atoms with Crippen LogP contribution < -0.4 is 11.1 Å². The van der Waals surface area contributed by atoms with Gasteiger partial charge in [0.15, 0.2) is 0 Å². The first kappa shape index (κ1) is 16.4. The summed E-state index contributed by atoms with van der Waals surface area (Å²) < 4.78 is 5.16. The van der Waals surface area contributed by atoms with E-state index >= 15 is 0 Å². The minimum atomic E-state index is -0.483. The van der Waals surface area contributed by atoms with Gasteiger partial charge in [0.1, 0.15) is 12.3 Å². The number of hydrogen-bond acceptors (Lipinski definition) is 4. The molecule has 0 aliphatic heterocycles. The number of amides is 1. The van der Waals surface area contributed by atoms with Gasteiger partial charge >= 0.3 is 5.97 Å². The summed E-state index contributed by atoms with van der Waals surface area (Å²) in [4.78, 5) is 26.8. The Morgan fingerprint density at radius 2 is 1.91 bits per heavy atom. The van der Waals surface area contributed by atoms with Crippen LogP contribution in [0, 0.1) is 6.92 Å². The van der Waals surface area contributed by atoms with Crippen LogP contribution in [0.5, 0.6) is 0 Å². The van der Waals surface area contributed by atoms with Gasteiger partial charge in [0.05, 0.1) is 5.70 Å². The molecule has 0 saturated carbocycles. The van der Waals surface area contributed by atoms with E-state index in [2.05, 4.69) is 10.3 Å². The van der Waals surface area contributed by atoms with E-state index in [0.29, 0.717) is 17.0 Å². The molecule has 1 amide bonds. The molecule has 6 heteroatoms. The van der Waals surface area contributed by atoms with Crippen LogP contribution in [0.25, 0.3) is 0 Å². The van der Waals surface area contributed by atoms with Gasteiger partial charge in [-0.25, -0.2) is 4.79 Å². The van der Waals surface area contributed by atoms with Crippen LogP contribution in [-0.2, 0) is 9.53 Å². The number of aromatic amines is 1. The summed E-state index contributed by atoms with van der Waals surface area (Å²) >= 11 is 0. The maximum Gasteiger partial charge on any atom is 0.355 e. The number of hydrogen-bond donors (Lipinski definition) is 3. The number of nitrogens with two attached hydrogens (primary N) is 1. The van der Waals surface area contributed by atoms with E-state index in [1.165, 1.54) is 0 Å². The molecule has 0 fully saturated rings. The fourth-order valence-corrected chi connectivity index (χ4v) is 1.90. The fraction of sp³-hybridized carbons (Fsp3) is 0.176. The van der Waals surface area contributed by atoms with Gasteiger partial charge in [-0.05, 0) is 43.2 Å². The maximum atomic E-state index is 12.0. The minimum Gasteiger partial charge on any atom is -0.456 e.